The minimum Gasteiger partial charge on any atom is -0.384 e. The number of nitrogens with two attached hydrogens (primary N) is 1. The molecule has 0 saturated carbocycles. The lowest BCUT2D eigenvalue weighted by Crippen LogP contribution is -2.17. The first-order chi connectivity index (χ1) is 16.7. The van der Waals surface area contributed by atoms with Crippen molar-refractivity contribution in [1.82, 2.24) is 4.98 Å². The third-order valence-corrected chi connectivity index (χ3v) is 5.97. The summed E-state index contributed by atoms with van der Waals surface area (Å²) in [5.41, 5.74) is 5.08. The van der Waals surface area contributed by atoms with Crippen LogP contribution in [-0.4, -0.2) is 15.9 Å². The van der Waals surface area contributed by atoms with Crippen molar-refractivity contribution in [2.75, 3.05) is 11.1 Å². The van der Waals surface area contributed by atoms with Gasteiger partial charge in [-0.2, -0.15) is 0 Å². The zero-order chi connectivity index (χ0) is 25.1. The predicted octanol–water partition coefficient (Wildman–Crippen LogP) is 5.94. The second-order valence-electron chi connectivity index (χ2n) is 7.74. The molecule has 1 atom stereocenters. The number of aromatic nitrogens is 1. The van der Waals surface area contributed by atoms with Gasteiger partial charge in [0.15, 0.2) is 17.4 Å². The van der Waals surface area contributed by atoms with Gasteiger partial charge >= 0.3 is 0 Å². The highest BCUT2D eigenvalue weighted by atomic mass is 127. The van der Waals surface area contributed by atoms with Crippen LogP contribution in [-0.2, 0) is 6.42 Å². The summed E-state index contributed by atoms with van der Waals surface area (Å²) in [5.74, 6) is -4.01. The van der Waals surface area contributed by atoms with Gasteiger partial charge in [0.1, 0.15) is 17.7 Å². The van der Waals surface area contributed by atoms with Crippen LogP contribution in [0.1, 0.15) is 33.3 Å². The number of aliphatic hydroxyl groups excluding tert-OH is 1. The first-order valence-electron chi connectivity index (χ1n) is 10.5. The lowest BCUT2D eigenvalue weighted by molar-refractivity contribution is 0.0748. The van der Waals surface area contributed by atoms with Crippen LogP contribution >= 0.6 is 22.6 Å². The number of anilines is 3. The molecule has 0 radical (unpaired) electrons. The summed E-state index contributed by atoms with van der Waals surface area (Å²) >= 11 is 1.91. The molecule has 5 nitrogen and oxygen atoms in total. The molecule has 35 heavy (non-hydrogen) atoms. The zero-order valence-electron chi connectivity index (χ0n) is 18.1. The summed E-state index contributed by atoms with van der Waals surface area (Å²) in [5, 5.41) is 13.2. The first kappa shape index (κ1) is 24.7. The zero-order valence-corrected chi connectivity index (χ0v) is 20.3. The van der Waals surface area contributed by atoms with E-state index in [4.69, 9.17) is 5.73 Å². The molecule has 0 aliphatic carbocycles. The van der Waals surface area contributed by atoms with E-state index in [1.165, 1.54) is 24.3 Å². The largest absolute Gasteiger partial charge is 0.384 e. The van der Waals surface area contributed by atoms with Crippen molar-refractivity contribution in [3.05, 3.63) is 116 Å². The summed E-state index contributed by atoms with van der Waals surface area (Å²) in [6, 6.07) is 18.1. The molecule has 9 heteroatoms. The minimum atomic E-state index is -1.65. The second kappa shape index (κ2) is 10.4. The van der Waals surface area contributed by atoms with Crippen molar-refractivity contribution in [2.45, 2.75) is 12.5 Å². The van der Waals surface area contributed by atoms with E-state index in [0.29, 0.717) is 9.26 Å². The lowest BCUT2D eigenvalue weighted by Gasteiger charge is -2.18. The normalized spacial score (nSPS) is 11.8. The number of benzene rings is 3. The van der Waals surface area contributed by atoms with Crippen molar-refractivity contribution in [3.8, 4) is 0 Å². The van der Waals surface area contributed by atoms with Crippen LogP contribution in [0.3, 0.4) is 0 Å². The maximum atomic E-state index is 15.4. The van der Waals surface area contributed by atoms with Crippen LogP contribution in [0.5, 0.6) is 0 Å². The molecule has 4 aromatic rings. The van der Waals surface area contributed by atoms with Crippen molar-refractivity contribution in [3.63, 3.8) is 0 Å². The summed E-state index contributed by atoms with van der Waals surface area (Å²) < 4.78 is 45.6. The third kappa shape index (κ3) is 5.46. The van der Waals surface area contributed by atoms with Crippen LogP contribution in [0.15, 0.2) is 72.8 Å². The molecule has 0 saturated heterocycles. The molecule has 0 fully saturated rings. The van der Waals surface area contributed by atoms with E-state index < -0.39 is 35.0 Å². The molecular formula is C26H19F3IN3O2. The number of ketones is 1. The number of carbonyl (C=O) groups is 1. The van der Waals surface area contributed by atoms with E-state index >= 15 is 8.78 Å². The molecule has 1 unspecified atom stereocenters. The Labute approximate surface area is 213 Å². The Morgan fingerprint density at radius 1 is 1.00 bits per heavy atom. The quantitative estimate of drug-likeness (QED) is 0.184. The number of aliphatic hydroxyl groups is 1. The molecule has 0 amide bonds. The number of carbonyl (C=O) groups excluding carboxylic acids is 1. The average Bonchev–Trinajstić information content (AvgIpc) is 2.84. The smallest absolute Gasteiger partial charge is 0.198 e. The maximum Gasteiger partial charge on any atom is 0.198 e. The Morgan fingerprint density at radius 3 is 2.43 bits per heavy atom. The molecule has 0 spiro atoms. The van der Waals surface area contributed by atoms with E-state index in [-0.39, 0.29) is 34.6 Å². The highest BCUT2D eigenvalue weighted by molar-refractivity contribution is 14.1. The fourth-order valence-electron chi connectivity index (χ4n) is 3.58. The topological polar surface area (TPSA) is 88.2 Å². The van der Waals surface area contributed by atoms with Gasteiger partial charge in [0.25, 0.3) is 0 Å². The van der Waals surface area contributed by atoms with E-state index in [9.17, 15) is 14.3 Å². The highest BCUT2D eigenvalue weighted by Crippen LogP contribution is 2.34. The predicted molar refractivity (Wildman–Crippen MR) is 136 cm³/mol. The average molecular weight is 589 g/mol. The Hall–Kier alpha value is -3.44. The standard InChI is InChI=1S/C26H19F3IN3O2/c27-19-13-16(30)9-10-20(19)33-24-18(26(35)25(34)14-5-2-1-3-6-14)12-15(22(28)23(24)29)11-17-7-4-8-21(31)32-17/h1-10,12-13,25,33-34H,11H2,(H2,31,32). The van der Waals surface area contributed by atoms with Crippen molar-refractivity contribution in [2.24, 2.45) is 0 Å². The molecule has 3 aromatic carbocycles. The van der Waals surface area contributed by atoms with Crippen molar-refractivity contribution in [1.29, 1.82) is 0 Å². The van der Waals surface area contributed by atoms with Gasteiger partial charge in [0.2, 0.25) is 0 Å². The van der Waals surface area contributed by atoms with Crippen molar-refractivity contribution < 1.29 is 23.1 Å². The number of rotatable bonds is 7. The maximum absolute atomic E-state index is 15.4. The van der Waals surface area contributed by atoms with Crippen LogP contribution in [0.4, 0.5) is 30.4 Å². The minimum absolute atomic E-state index is 0.155. The number of hydrogen-bond donors (Lipinski definition) is 3. The van der Waals surface area contributed by atoms with Gasteiger partial charge in [0.05, 0.1) is 11.4 Å². The van der Waals surface area contributed by atoms with E-state index in [1.54, 1.807) is 42.5 Å². The lowest BCUT2D eigenvalue weighted by atomic mass is 9.95. The Morgan fingerprint density at radius 2 is 1.74 bits per heavy atom. The van der Waals surface area contributed by atoms with Gasteiger partial charge in [-0.05, 0) is 70.1 Å². The summed E-state index contributed by atoms with van der Waals surface area (Å²) in [7, 11) is 0. The SMILES string of the molecule is Nc1cccc(Cc2cc(C(=O)C(O)c3ccccc3)c(Nc3ccc(I)cc3F)c(F)c2F)n1. The Balaban J connectivity index is 1.83. The summed E-state index contributed by atoms with van der Waals surface area (Å²) in [6.07, 6.45) is -1.81. The highest BCUT2D eigenvalue weighted by Gasteiger charge is 2.28. The fourth-order valence-corrected chi connectivity index (χ4v) is 4.03. The summed E-state index contributed by atoms with van der Waals surface area (Å²) in [6.45, 7) is 0. The van der Waals surface area contributed by atoms with E-state index in [2.05, 4.69) is 10.3 Å². The number of Topliss-reactive ketones (excluding diaryl/α,β-unsaturated/α-hetero) is 1. The van der Waals surface area contributed by atoms with Gasteiger partial charge in [-0.15, -0.1) is 0 Å². The molecule has 0 bridgehead atoms. The third-order valence-electron chi connectivity index (χ3n) is 5.30. The van der Waals surface area contributed by atoms with Gasteiger partial charge in [-0.1, -0.05) is 36.4 Å². The number of nitrogens with one attached hydrogen (secondary N) is 1. The monoisotopic (exact) mass is 589 g/mol. The van der Waals surface area contributed by atoms with E-state index in [1.807, 2.05) is 22.6 Å². The van der Waals surface area contributed by atoms with Crippen LogP contribution in [0.2, 0.25) is 0 Å². The Kier molecular flexibility index (Phi) is 7.37. The molecule has 4 rings (SSSR count). The summed E-state index contributed by atoms with van der Waals surface area (Å²) in [4.78, 5) is 17.4. The van der Waals surface area contributed by atoms with Crippen LogP contribution in [0.25, 0.3) is 0 Å². The van der Waals surface area contributed by atoms with E-state index in [0.717, 1.165) is 6.07 Å². The number of halogens is 4. The molecule has 178 valence electrons. The van der Waals surface area contributed by atoms with Crippen LogP contribution in [0, 0.1) is 21.0 Å². The fraction of sp³-hybridized carbons (Fsp3) is 0.0769. The van der Waals surface area contributed by atoms with Gasteiger partial charge in [-0.25, -0.2) is 18.2 Å². The molecular weight excluding hydrogens is 570 g/mol. The first-order valence-corrected chi connectivity index (χ1v) is 11.5. The number of pyridine rings is 1. The van der Waals surface area contributed by atoms with Gasteiger partial charge < -0.3 is 16.2 Å². The number of hydrogen-bond acceptors (Lipinski definition) is 5. The van der Waals surface area contributed by atoms with Crippen molar-refractivity contribution >= 4 is 45.6 Å². The van der Waals surface area contributed by atoms with Gasteiger partial charge in [0, 0.05) is 21.2 Å². The molecule has 4 N–H and O–H groups in total. The Bertz CT molecular complexity index is 1400. The molecule has 1 heterocycles. The molecule has 1 aromatic heterocycles. The number of nitrogen functional groups attached to an aromatic ring is 1. The molecule has 0 aliphatic rings. The number of nitrogens with zero attached hydrogens (tertiary/aromatic N) is 1. The second-order valence-corrected chi connectivity index (χ2v) is 8.99. The molecule has 0 aliphatic heterocycles. The van der Waals surface area contributed by atoms with Crippen LogP contribution < -0.4 is 11.1 Å². The van der Waals surface area contributed by atoms with Gasteiger partial charge in [-0.3, -0.25) is 4.79 Å².